The maximum Gasteiger partial charge on any atom is 0.238 e. The molecule has 2 N–H and O–H groups in total. The van der Waals surface area contributed by atoms with E-state index in [1.165, 1.54) is 44.2 Å². The molecule has 3 fully saturated rings. The highest BCUT2D eigenvalue weighted by atomic mass is 16.5. The quantitative estimate of drug-likeness (QED) is 0.786. The van der Waals surface area contributed by atoms with Gasteiger partial charge in [0.15, 0.2) is 0 Å². The standard InChI is InChI=1S/C21H31N3O2/c25-20(15-24-11-13-26-14-12-24)22-18-7-9-19(10-8-18)23-21(16-3-1-4-16)17-5-2-6-17/h7-10,16-17,21,23H,1-6,11-15H2,(H,22,25). The van der Waals surface area contributed by atoms with Crippen molar-refractivity contribution in [1.29, 1.82) is 0 Å². The Hall–Kier alpha value is -1.59. The summed E-state index contributed by atoms with van der Waals surface area (Å²) in [5.41, 5.74) is 2.05. The molecule has 142 valence electrons. The molecule has 1 aliphatic heterocycles. The lowest BCUT2D eigenvalue weighted by atomic mass is 9.68. The third kappa shape index (κ3) is 4.38. The number of benzene rings is 1. The number of amides is 1. The molecule has 1 saturated heterocycles. The second-order valence-corrected chi connectivity index (χ2v) is 8.07. The van der Waals surface area contributed by atoms with E-state index in [2.05, 4.69) is 27.7 Å². The summed E-state index contributed by atoms with van der Waals surface area (Å²) in [5, 5.41) is 6.81. The smallest absolute Gasteiger partial charge is 0.238 e. The number of rotatable bonds is 7. The lowest BCUT2D eigenvalue weighted by Gasteiger charge is -2.43. The number of nitrogens with zero attached hydrogens (tertiary/aromatic N) is 1. The zero-order valence-corrected chi connectivity index (χ0v) is 15.6. The van der Waals surface area contributed by atoms with Gasteiger partial charge in [-0.1, -0.05) is 12.8 Å². The predicted octanol–water partition coefficient (Wildman–Crippen LogP) is 3.34. The molecule has 1 aromatic rings. The van der Waals surface area contributed by atoms with Gasteiger partial charge in [0.1, 0.15) is 0 Å². The molecule has 0 bridgehead atoms. The van der Waals surface area contributed by atoms with Crippen LogP contribution in [0.15, 0.2) is 24.3 Å². The second-order valence-electron chi connectivity index (χ2n) is 8.07. The van der Waals surface area contributed by atoms with Crippen LogP contribution in [0.1, 0.15) is 38.5 Å². The van der Waals surface area contributed by atoms with Gasteiger partial charge in [-0.15, -0.1) is 0 Å². The summed E-state index contributed by atoms with van der Waals surface area (Å²) in [5.74, 6) is 1.76. The summed E-state index contributed by atoms with van der Waals surface area (Å²) in [6, 6.07) is 8.87. The Morgan fingerprint density at radius 3 is 2.12 bits per heavy atom. The predicted molar refractivity (Wildman–Crippen MR) is 104 cm³/mol. The second kappa shape index (κ2) is 8.40. The van der Waals surface area contributed by atoms with Crippen LogP contribution >= 0.6 is 0 Å². The van der Waals surface area contributed by atoms with E-state index >= 15 is 0 Å². The van der Waals surface area contributed by atoms with Crippen molar-refractivity contribution < 1.29 is 9.53 Å². The van der Waals surface area contributed by atoms with Crippen LogP contribution in [0.3, 0.4) is 0 Å². The third-order valence-electron chi connectivity index (χ3n) is 6.29. The third-order valence-corrected chi connectivity index (χ3v) is 6.29. The molecule has 0 spiro atoms. The van der Waals surface area contributed by atoms with E-state index in [1.807, 2.05) is 12.1 Å². The molecule has 0 atom stereocenters. The Morgan fingerprint density at radius 1 is 1.00 bits per heavy atom. The molecular weight excluding hydrogens is 326 g/mol. The fraction of sp³-hybridized carbons (Fsp3) is 0.667. The normalized spacial score (nSPS) is 21.9. The minimum atomic E-state index is 0.0504. The highest BCUT2D eigenvalue weighted by molar-refractivity contribution is 5.92. The van der Waals surface area contributed by atoms with E-state index < -0.39 is 0 Å². The lowest BCUT2D eigenvalue weighted by molar-refractivity contribution is -0.118. The van der Waals surface area contributed by atoms with Crippen molar-refractivity contribution >= 4 is 17.3 Å². The SMILES string of the molecule is O=C(CN1CCOCC1)Nc1ccc(NC(C2CCC2)C2CCC2)cc1. The van der Waals surface area contributed by atoms with Gasteiger partial charge in [0.05, 0.1) is 19.8 Å². The van der Waals surface area contributed by atoms with Crippen molar-refractivity contribution in [3.63, 3.8) is 0 Å². The lowest BCUT2D eigenvalue weighted by Crippen LogP contribution is -2.42. The number of carbonyl (C=O) groups excluding carboxylic acids is 1. The van der Waals surface area contributed by atoms with Crippen molar-refractivity contribution in [2.75, 3.05) is 43.5 Å². The van der Waals surface area contributed by atoms with E-state index in [4.69, 9.17) is 4.74 Å². The van der Waals surface area contributed by atoms with Gasteiger partial charge >= 0.3 is 0 Å². The Balaban J connectivity index is 1.29. The molecule has 0 unspecified atom stereocenters. The van der Waals surface area contributed by atoms with E-state index in [0.717, 1.165) is 43.8 Å². The van der Waals surface area contributed by atoms with Crippen molar-refractivity contribution in [1.82, 2.24) is 4.90 Å². The van der Waals surface area contributed by atoms with Crippen LogP contribution in [0.2, 0.25) is 0 Å². The maximum absolute atomic E-state index is 12.2. The number of ether oxygens (including phenoxy) is 1. The molecule has 26 heavy (non-hydrogen) atoms. The first kappa shape index (κ1) is 17.8. The number of hydrogen-bond acceptors (Lipinski definition) is 4. The molecule has 2 aliphatic carbocycles. The minimum Gasteiger partial charge on any atom is -0.382 e. The average molecular weight is 357 g/mol. The summed E-state index contributed by atoms with van der Waals surface area (Å²) >= 11 is 0. The Bertz CT molecular complexity index is 576. The first-order valence-corrected chi connectivity index (χ1v) is 10.2. The van der Waals surface area contributed by atoms with Crippen LogP contribution in [-0.4, -0.2) is 49.7 Å². The Kier molecular flexibility index (Phi) is 5.75. The number of carbonyl (C=O) groups is 1. The molecule has 0 aromatic heterocycles. The number of morpholine rings is 1. The molecule has 3 aliphatic rings. The molecular formula is C21H31N3O2. The first-order valence-electron chi connectivity index (χ1n) is 10.2. The zero-order valence-electron chi connectivity index (χ0n) is 15.6. The molecule has 4 rings (SSSR count). The van der Waals surface area contributed by atoms with Crippen molar-refractivity contribution in [3.8, 4) is 0 Å². The molecule has 0 radical (unpaired) electrons. The van der Waals surface area contributed by atoms with Gasteiger partial charge in [-0.3, -0.25) is 9.69 Å². The molecule has 5 nitrogen and oxygen atoms in total. The van der Waals surface area contributed by atoms with Gasteiger partial charge in [-0.2, -0.15) is 0 Å². The van der Waals surface area contributed by atoms with Gasteiger partial charge in [-0.05, 0) is 61.8 Å². The van der Waals surface area contributed by atoms with E-state index in [-0.39, 0.29) is 5.91 Å². The summed E-state index contributed by atoms with van der Waals surface area (Å²) in [6.45, 7) is 3.54. The van der Waals surface area contributed by atoms with Crippen LogP contribution in [0.4, 0.5) is 11.4 Å². The van der Waals surface area contributed by atoms with E-state index in [9.17, 15) is 4.79 Å². The first-order chi connectivity index (χ1) is 12.8. The number of anilines is 2. The van der Waals surface area contributed by atoms with Gasteiger partial charge < -0.3 is 15.4 Å². The van der Waals surface area contributed by atoms with Crippen LogP contribution in [0, 0.1) is 11.8 Å². The summed E-state index contributed by atoms with van der Waals surface area (Å²) in [4.78, 5) is 14.3. The average Bonchev–Trinajstić information content (AvgIpc) is 2.54. The van der Waals surface area contributed by atoms with Crippen LogP contribution in [-0.2, 0) is 9.53 Å². The largest absolute Gasteiger partial charge is 0.382 e. The monoisotopic (exact) mass is 357 g/mol. The van der Waals surface area contributed by atoms with Crippen LogP contribution in [0.25, 0.3) is 0 Å². The van der Waals surface area contributed by atoms with Crippen molar-refractivity contribution in [2.45, 2.75) is 44.6 Å². The van der Waals surface area contributed by atoms with Gasteiger partial charge in [0.25, 0.3) is 0 Å². The number of hydrogen-bond donors (Lipinski definition) is 2. The van der Waals surface area contributed by atoms with Crippen molar-refractivity contribution in [3.05, 3.63) is 24.3 Å². The van der Waals surface area contributed by atoms with Gasteiger partial charge in [0.2, 0.25) is 5.91 Å². The zero-order chi connectivity index (χ0) is 17.8. The summed E-state index contributed by atoms with van der Waals surface area (Å²) in [7, 11) is 0. The van der Waals surface area contributed by atoms with Gasteiger partial charge in [-0.25, -0.2) is 0 Å². The molecule has 1 amide bonds. The molecule has 5 heteroatoms. The topological polar surface area (TPSA) is 53.6 Å². The molecule has 1 aromatic carbocycles. The highest BCUT2D eigenvalue weighted by Gasteiger charge is 2.35. The molecule has 1 heterocycles. The summed E-state index contributed by atoms with van der Waals surface area (Å²) in [6.07, 6.45) is 8.30. The van der Waals surface area contributed by atoms with E-state index in [0.29, 0.717) is 12.6 Å². The van der Waals surface area contributed by atoms with Crippen molar-refractivity contribution in [2.24, 2.45) is 11.8 Å². The molecule has 2 saturated carbocycles. The Morgan fingerprint density at radius 2 is 1.58 bits per heavy atom. The minimum absolute atomic E-state index is 0.0504. The Labute approximate surface area is 156 Å². The summed E-state index contributed by atoms with van der Waals surface area (Å²) < 4.78 is 5.32. The van der Waals surface area contributed by atoms with E-state index in [1.54, 1.807) is 0 Å². The highest BCUT2D eigenvalue weighted by Crippen LogP contribution is 2.41. The maximum atomic E-state index is 12.2. The van der Waals surface area contributed by atoms with Crippen LogP contribution in [0.5, 0.6) is 0 Å². The van der Waals surface area contributed by atoms with Gasteiger partial charge in [0, 0.05) is 30.5 Å². The fourth-order valence-electron chi connectivity index (χ4n) is 4.22. The van der Waals surface area contributed by atoms with Crippen LogP contribution < -0.4 is 10.6 Å². The fourth-order valence-corrected chi connectivity index (χ4v) is 4.22. The number of nitrogens with one attached hydrogen (secondary N) is 2.